The van der Waals surface area contributed by atoms with E-state index in [9.17, 15) is 0 Å². The van der Waals surface area contributed by atoms with Crippen LogP contribution in [0.3, 0.4) is 0 Å². The molecule has 0 spiro atoms. The molecule has 0 aliphatic carbocycles. The summed E-state index contributed by atoms with van der Waals surface area (Å²) in [6.07, 6.45) is 7.48. The molecule has 2 heteroatoms. The molecule has 0 saturated carbocycles. The summed E-state index contributed by atoms with van der Waals surface area (Å²) in [6, 6.07) is 11.6. The minimum atomic E-state index is 0.752. The number of benzene rings is 1. The van der Waals surface area contributed by atoms with E-state index in [0.29, 0.717) is 0 Å². The summed E-state index contributed by atoms with van der Waals surface area (Å²) in [6.45, 7) is 1.98. The van der Waals surface area contributed by atoms with Crippen molar-refractivity contribution in [2.45, 2.75) is 6.92 Å². The average molecular weight is 211 g/mol. The summed E-state index contributed by atoms with van der Waals surface area (Å²) in [5.41, 5.74) is 1.04. The minimum absolute atomic E-state index is 0.752. The van der Waals surface area contributed by atoms with E-state index in [2.05, 4.69) is 4.98 Å². The third-order valence-corrected chi connectivity index (χ3v) is 2.07. The molecule has 0 unspecified atom stereocenters. The lowest BCUT2D eigenvalue weighted by Crippen LogP contribution is -1.85. The Morgan fingerprint density at radius 3 is 2.62 bits per heavy atom. The second kappa shape index (κ2) is 5.12. The van der Waals surface area contributed by atoms with Gasteiger partial charge in [0.05, 0.1) is 6.20 Å². The van der Waals surface area contributed by atoms with Crippen molar-refractivity contribution in [3.63, 3.8) is 0 Å². The molecule has 0 fully saturated rings. The number of aromatic nitrogens is 1. The van der Waals surface area contributed by atoms with Crippen molar-refractivity contribution in [2.75, 3.05) is 0 Å². The van der Waals surface area contributed by atoms with Crippen LogP contribution in [0.4, 0.5) is 0 Å². The van der Waals surface area contributed by atoms with E-state index in [1.54, 1.807) is 12.4 Å². The largest absolute Gasteiger partial charge is 0.456 e. The number of rotatable bonds is 3. The van der Waals surface area contributed by atoms with Crippen LogP contribution >= 0.6 is 0 Å². The normalized spacial score (nSPS) is 10.6. The van der Waals surface area contributed by atoms with Crippen molar-refractivity contribution < 1.29 is 4.74 Å². The molecule has 1 heterocycles. The van der Waals surface area contributed by atoms with Crippen LogP contribution in [-0.4, -0.2) is 4.98 Å². The Balaban J connectivity index is 2.19. The summed E-state index contributed by atoms with van der Waals surface area (Å²) in [5, 5.41) is 0. The van der Waals surface area contributed by atoms with E-state index in [1.165, 1.54) is 0 Å². The van der Waals surface area contributed by atoms with Crippen LogP contribution in [-0.2, 0) is 0 Å². The van der Waals surface area contributed by atoms with Gasteiger partial charge in [0.1, 0.15) is 11.5 Å². The van der Waals surface area contributed by atoms with Crippen molar-refractivity contribution in [3.8, 4) is 11.5 Å². The predicted octanol–water partition coefficient (Wildman–Crippen LogP) is 3.91. The lowest BCUT2D eigenvalue weighted by Gasteiger charge is -2.05. The van der Waals surface area contributed by atoms with Crippen LogP contribution in [0.15, 0.2) is 54.9 Å². The lowest BCUT2D eigenvalue weighted by molar-refractivity contribution is 0.480. The maximum atomic E-state index is 5.67. The monoisotopic (exact) mass is 211 g/mol. The number of allylic oxidation sites excluding steroid dienone is 1. The van der Waals surface area contributed by atoms with Crippen LogP contribution in [0.5, 0.6) is 11.5 Å². The van der Waals surface area contributed by atoms with Crippen LogP contribution in [0.25, 0.3) is 6.08 Å². The van der Waals surface area contributed by atoms with Gasteiger partial charge in [-0.05, 0) is 30.7 Å². The van der Waals surface area contributed by atoms with Crippen molar-refractivity contribution in [3.05, 3.63) is 60.4 Å². The van der Waals surface area contributed by atoms with Crippen LogP contribution in [0.2, 0.25) is 0 Å². The summed E-state index contributed by atoms with van der Waals surface area (Å²) < 4.78 is 5.67. The first-order chi connectivity index (χ1) is 7.88. The van der Waals surface area contributed by atoms with E-state index in [1.807, 2.05) is 55.5 Å². The van der Waals surface area contributed by atoms with Crippen molar-refractivity contribution >= 4 is 6.08 Å². The maximum Gasteiger partial charge on any atom is 0.146 e. The van der Waals surface area contributed by atoms with Crippen molar-refractivity contribution in [1.29, 1.82) is 0 Å². The van der Waals surface area contributed by atoms with Crippen LogP contribution in [0, 0.1) is 0 Å². The van der Waals surface area contributed by atoms with E-state index < -0.39 is 0 Å². The molecule has 1 aromatic heterocycles. The second-order valence-electron chi connectivity index (χ2n) is 3.37. The SMILES string of the molecule is C/C=C/c1cncc(Oc2ccccc2)c1. The third-order valence-electron chi connectivity index (χ3n) is 2.07. The van der Waals surface area contributed by atoms with Gasteiger partial charge in [-0.3, -0.25) is 4.98 Å². The van der Waals surface area contributed by atoms with Gasteiger partial charge in [0, 0.05) is 6.20 Å². The third kappa shape index (κ3) is 2.70. The van der Waals surface area contributed by atoms with Gasteiger partial charge >= 0.3 is 0 Å². The smallest absolute Gasteiger partial charge is 0.146 e. The molecular weight excluding hydrogens is 198 g/mol. The Hall–Kier alpha value is -2.09. The van der Waals surface area contributed by atoms with Gasteiger partial charge < -0.3 is 4.74 Å². The fourth-order valence-electron chi connectivity index (χ4n) is 1.40. The molecule has 0 aliphatic rings. The number of ether oxygens (including phenoxy) is 1. The number of nitrogens with zero attached hydrogens (tertiary/aromatic N) is 1. The van der Waals surface area contributed by atoms with Gasteiger partial charge in [-0.25, -0.2) is 0 Å². The number of pyridine rings is 1. The maximum absolute atomic E-state index is 5.67. The molecule has 0 aliphatic heterocycles. The molecule has 2 rings (SSSR count). The zero-order valence-corrected chi connectivity index (χ0v) is 9.13. The van der Waals surface area contributed by atoms with Gasteiger partial charge in [0.2, 0.25) is 0 Å². The van der Waals surface area contributed by atoms with Crippen molar-refractivity contribution in [1.82, 2.24) is 4.98 Å². The van der Waals surface area contributed by atoms with E-state index in [-0.39, 0.29) is 0 Å². The van der Waals surface area contributed by atoms with Gasteiger partial charge in [-0.15, -0.1) is 0 Å². The van der Waals surface area contributed by atoms with Gasteiger partial charge in [0.25, 0.3) is 0 Å². The highest BCUT2D eigenvalue weighted by atomic mass is 16.5. The Bertz CT molecular complexity index is 477. The molecule has 0 atom stereocenters. The fraction of sp³-hybridized carbons (Fsp3) is 0.0714. The highest BCUT2D eigenvalue weighted by molar-refractivity contribution is 5.50. The zero-order valence-electron chi connectivity index (χ0n) is 9.13. The summed E-state index contributed by atoms with van der Waals surface area (Å²) in [7, 11) is 0. The Morgan fingerprint density at radius 2 is 1.88 bits per heavy atom. The first kappa shape index (κ1) is 10.4. The topological polar surface area (TPSA) is 22.1 Å². The van der Waals surface area contributed by atoms with Gasteiger partial charge in [0.15, 0.2) is 0 Å². The molecule has 2 nitrogen and oxygen atoms in total. The molecule has 1 aromatic carbocycles. The first-order valence-electron chi connectivity index (χ1n) is 5.19. The van der Waals surface area contributed by atoms with Crippen LogP contribution < -0.4 is 4.74 Å². The molecule has 80 valence electrons. The molecular formula is C14H13NO. The fourth-order valence-corrected chi connectivity index (χ4v) is 1.40. The molecule has 0 saturated heterocycles. The molecule has 0 radical (unpaired) electrons. The first-order valence-corrected chi connectivity index (χ1v) is 5.19. The Labute approximate surface area is 95.2 Å². The number of hydrogen-bond donors (Lipinski definition) is 0. The molecule has 2 aromatic rings. The highest BCUT2D eigenvalue weighted by Gasteiger charge is 1.97. The summed E-state index contributed by atoms with van der Waals surface area (Å²) in [4.78, 5) is 4.12. The standard InChI is InChI=1S/C14H13NO/c1-2-6-12-9-14(11-15-10-12)16-13-7-4-3-5-8-13/h2-11H,1H3/b6-2+. The lowest BCUT2D eigenvalue weighted by atomic mass is 10.2. The van der Waals surface area contributed by atoms with E-state index in [0.717, 1.165) is 17.1 Å². The number of para-hydroxylation sites is 1. The van der Waals surface area contributed by atoms with Crippen LogP contribution in [0.1, 0.15) is 12.5 Å². The zero-order chi connectivity index (χ0) is 11.2. The number of hydrogen-bond acceptors (Lipinski definition) is 2. The highest BCUT2D eigenvalue weighted by Crippen LogP contribution is 2.20. The average Bonchev–Trinajstić information content (AvgIpc) is 2.31. The van der Waals surface area contributed by atoms with E-state index >= 15 is 0 Å². The predicted molar refractivity (Wildman–Crippen MR) is 65.5 cm³/mol. The molecule has 16 heavy (non-hydrogen) atoms. The molecule has 0 bridgehead atoms. The molecule has 0 N–H and O–H groups in total. The van der Waals surface area contributed by atoms with Gasteiger partial charge in [-0.2, -0.15) is 0 Å². The van der Waals surface area contributed by atoms with Crippen molar-refractivity contribution in [2.24, 2.45) is 0 Å². The Morgan fingerprint density at radius 1 is 1.06 bits per heavy atom. The summed E-state index contributed by atoms with van der Waals surface area (Å²) in [5.74, 6) is 1.57. The minimum Gasteiger partial charge on any atom is -0.456 e. The second-order valence-corrected chi connectivity index (χ2v) is 3.37. The van der Waals surface area contributed by atoms with Gasteiger partial charge in [-0.1, -0.05) is 30.4 Å². The molecule has 0 amide bonds. The van der Waals surface area contributed by atoms with E-state index in [4.69, 9.17) is 4.74 Å². The summed E-state index contributed by atoms with van der Waals surface area (Å²) >= 11 is 0. The Kier molecular flexibility index (Phi) is 3.34. The quantitative estimate of drug-likeness (QED) is 0.768.